The van der Waals surface area contributed by atoms with E-state index in [0.717, 1.165) is 6.07 Å². The minimum Gasteiger partial charge on any atom is -0.388 e. The van der Waals surface area contributed by atoms with Gasteiger partial charge in [0, 0.05) is 0 Å². The largest absolute Gasteiger partial charge is 0.388 e. The van der Waals surface area contributed by atoms with Crippen LogP contribution in [-0.4, -0.2) is 17.3 Å². The molecule has 0 N–H and O–H groups in total. The predicted octanol–water partition coefficient (Wildman–Crippen LogP) is 2.97. The van der Waals surface area contributed by atoms with Gasteiger partial charge in [-0.15, -0.1) is 11.6 Å². The quantitative estimate of drug-likeness (QED) is 0.484. The Balaban J connectivity index is 2.89. The first kappa shape index (κ1) is 14.6. The van der Waals surface area contributed by atoms with Gasteiger partial charge in [0.05, 0.1) is 5.56 Å². The summed E-state index contributed by atoms with van der Waals surface area (Å²) in [6.45, 7) is 2.94. The topological polar surface area (TPSA) is 43.4 Å². The Morgan fingerprint density at radius 1 is 1.39 bits per heavy atom. The molecule has 0 aliphatic carbocycles. The maximum Gasteiger partial charge on any atom is 0.345 e. The molecule has 0 spiro atoms. The Morgan fingerprint density at radius 3 is 2.50 bits per heavy atom. The molecular formula is C12H11ClF2O3. The molecular weight excluding hydrogens is 266 g/mol. The lowest BCUT2D eigenvalue weighted by Crippen LogP contribution is -2.21. The van der Waals surface area contributed by atoms with Gasteiger partial charge >= 0.3 is 11.9 Å². The second kappa shape index (κ2) is 5.91. The van der Waals surface area contributed by atoms with E-state index in [4.69, 9.17) is 11.6 Å². The second-order valence-electron chi connectivity index (χ2n) is 3.67. The van der Waals surface area contributed by atoms with Gasteiger partial charge in [-0.3, -0.25) is 0 Å². The van der Waals surface area contributed by atoms with Gasteiger partial charge in [0.2, 0.25) is 0 Å². The standard InChI is InChI=1S/C12H11ClF2O3/c1-3-8(13)12(17)18-11(16)7-4-6(2)10(15)9(14)5-7/h4-5,8H,3H2,1-2H3. The van der Waals surface area contributed by atoms with E-state index < -0.39 is 29.0 Å². The molecule has 0 saturated heterocycles. The van der Waals surface area contributed by atoms with Crippen molar-refractivity contribution in [3.63, 3.8) is 0 Å². The van der Waals surface area contributed by atoms with Gasteiger partial charge in [-0.2, -0.15) is 0 Å². The van der Waals surface area contributed by atoms with Crippen molar-refractivity contribution >= 4 is 23.5 Å². The zero-order chi connectivity index (χ0) is 13.9. The van der Waals surface area contributed by atoms with Crippen molar-refractivity contribution in [2.24, 2.45) is 0 Å². The smallest absolute Gasteiger partial charge is 0.345 e. The average Bonchev–Trinajstić information content (AvgIpc) is 2.33. The highest BCUT2D eigenvalue weighted by atomic mass is 35.5. The molecule has 1 aromatic rings. The van der Waals surface area contributed by atoms with Crippen LogP contribution in [0.15, 0.2) is 12.1 Å². The maximum atomic E-state index is 13.1. The maximum absolute atomic E-state index is 13.1. The summed E-state index contributed by atoms with van der Waals surface area (Å²) >= 11 is 5.57. The van der Waals surface area contributed by atoms with E-state index in [0.29, 0.717) is 12.5 Å². The Hall–Kier alpha value is -1.49. The van der Waals surface area contributed by atoms with Crippen LogP contribution in [0.4, 0.5) is 8.78 Å². The normalized spacial score (nSPS) is 12.1. The fraction of sp³-hybridized carbons (Fsp3) is 0.333. The van der Waals surface area contributed by atoms with Crippen molar-refractivity contribution in [1.29, 1.82) is 0 Å². The summed E-state index contributed by atoms with van der Waals surface area (Å²) in [4.78, 5) is 22.8. The molecule has 0 amide bonds. The van der Waals surface area contributed by atoms with Gasteiger partial charge in [0.15, 0.2) is 11.6 Å². The Morgan fingerprint density at radius 2 is 2.00 bits per heavy atom. The number of hydrogen-bond donors (Lipinski definition) is 0. The molecule has 0 heterocycles. The minimum atomic E-state index is -1.17. The van der Waals surface area contributed by atoms with Crippen LogP contribution in [0, 0.1) is 18.6 Å². The molecule has 0 aliphatic heterocycles. The van der Waals surface area contributed by atoms with Crippen LogP contribution >= 0.6 is 11.6 Å². The number of halogens is 3. The summed E-state index contributed by atoms with van der Waals surface area (Å²) in [5.74, 6) is -4.18. The molecule has 6 heteroatoms. The molecule has 0 aliphatic rings. The molecule has 3 nitrogen and oxygen atoms in total. The van der Waals surface area contributed by atoms with Crippen LogP contribution in [0.3, 0.4) is 0 Å². The molecule has 98 valence electrons. The van der Waals surface area contributed by atoms with Gasteiger partial charge < -0.3 is 4.74 Å². The van der Waals surface area contributed by atoms with Gasteiger partial charge in [-0.05, 0) is 31.0 Å². The number of hydrogen-bond acceptors (Lipinski definition) is 3. The van der Waals surface area contributed by atoms with Gasteiger partial charge in [-0.1, -0.05) is 6.92 Å². The summed E-state index contributed by atoms with van der Waals surface area (Å²) in [5, 5.41) is -0.944. The van der Waals surface area contributed by atoms with E-state index in [9.17, 15) is 18.4 Å². The number of benzene rings is 1. The summed E-state index contributed by atoms with van der Waals surface area (Å²) in [6, 6.07) is 1.77. The zero-order valence-electron chi connectivity index (χ0n) is 9.80. The van der Waals surface area contributed by atoms with Crippen LogP contribution in [0.2, 0.25) is 0 Å². The molecule has 0 saturated carbocycles. The number of esters is 2. The van der Waals surface area contributed by atoms with E-state index >= 15 is 0 Å². The van der Waals surface area contributed by atoms with Crippen molar-refractivity contribution in [3.05, 3.63) is 34.9 Å². The fourth-order valence-electron chi connectivity index (χ4n) is 1.23. The lowest BCUT2D eigenvalue weighted by Gasteiger charge is -2.07. The van der Waals surface area contributed by atoms with Crippen LogP contribution in [0.25, 0.3) is 0 Å². The third kappa shape index (κ3) is 3.26. The third-order valence-corrected chi connectivity index (χ3v) is 2.74. The monoisotopic (exact) mass is 276 g/mol. The molecule has 1 unspecified atom stereocenters. The zero-order valence-corrected chi connectivity index (χ0v) is 10.6. The summed E-state index contributed by atoms with van der Waals surface area (Å²) in [7, 11) is 0. The van der Waals surface area contributed by atoms with E-state index in [1.165, 1.54) is 6.92 Å². The van der Waals surface area contributed by atoms with Crippen LogP contribution in [-0.2, 0) is 9.53 Å². The van der Waals surface area contributed by atoms with E-state index in [1.54, 1.807) is 6.92 Å². The number of alkyl halides is 1. The molecule has 1 rings (SSSR count). The molecule has 0 bridgehead atoms. The Kier molecular flexibility index (Phi) is 4.78. The highest BCUT2D eigenvalue weighted by Gasteiger charge is 2.21. The molecule has 1 atom stereocenters. The third-order valence-electron chi connectivity index (χ3n) is 2.25. The lowest BCUT2D eigenvalue weighted by molar-refractivity contribution is -0.137. The molecule has 18 heavy (non-hydrogen) atoms. The first-order valence-corrected chi connectivity index (χ1v) is 5.66. The highest BCUT2D eigenvalue weighted by molar-refractivity contribution is 6.30. The summed E-state index contributed by atoms with van der Waals surface area (Å²) in [5.41, 5.74) is -0.285. The van der Waals surface area contributed by atoms with Gasteiger partial charge in [0.25, 0.3) is 0 Å². The number of ether oxygens (including phenoxy) is 1. The Labute approximate surface area is 108 Å². The number of aryl methyl sites for hydroxylation is 1. The summed E-state index contributed by atoms with van der Waals surface area (Å²) in [6.07, 6.45) is 0.296. The van der Waals surface area contributed by atoms with Gasteiger partial charge in [-0.25, -0.2) is 18.4 Å². The van der Waals surface area contributed by atoms with E-state index in [-0.39, 0.29) is 11.1 Å². The predicted molar refractivity (Wildman–Crippen MR) is 61.4 cm³/mol. The van der Waals surface area contributed by atoms with Crippen molar-refractivity contribution in [1.82, 2.24) is 0 Å². The van der Waals surface area contributed by atoms with Crippen molar-refractivity contribution in [2.75, 3.05) is 0 Å². The SMILES string of the molecule is CCC(Cl)C(=O)OC(=O)c1cc(C)c(F)c(F)c1. The Bertz CT molecular complexity index is 465. The number of rotatable bonds is 3. The first-order valence-electron chi connectivity index (χ1n) is 5.22. The van der Waals surface area contributed by atoms with E-state index in [2.05, 4.69) is 4.74 Å². The number of carbonyl (C=O) groups is 2. The van der Waals surface area contributed by atoms with Crippen LogP contribution in [0.1, 0.15) is 29.3 Å². The van der Waals surface area contributed by atoms with Gasteiger partial charge in [0.1, 0.15) is 5.38 Å². The average molecular weight is 277 g/mol. The lowest BCUT2D eigenvalue weighted by atomic mass is 10.1. The first-order chi connectivity index (χ1) is 8.36. The van der Waals surface area contributed by atoms with Crippen molar-refractivity contribution in [3.8, 4) is 0 Å². The van der Waals surface area contributed by atoms with Crippen LogP contribution < -0.4 is 0 Å². The second-order valence-corrected chi connectivity index (χ2v) is 4.20. The fourth-order valence-corrected chi connectivity index (χ4v) is 1.27. The summed E-state index contributed by atoms with van der Waals surface area (Å²) < 4.78 is 30.5. The molecule has 0 fully saturated rings. The number of carbonyl (C=O) groups excluding carboxylic acids is 2. The van der Waals surface area contributed by atoms with Crippen molar-refractivity contribution < 1.29 is 23.1 Å². The molecule has 1 aromatic carbocycles. The minimum absolute atomic E-state index is 0.0488. The molecule has 0 radical (unpaired) electrons. The highest BCUT2D eigenvalue weighted by Crippen LogP contribution is 2.15. The van der Waals surface area contributed by atoms with Crippen molar-refractivity contribution in [2.45, 2.75) is 25.6 Å². The van der Waals surface area contributed by atoms with Crippen LogP contribution in [0.5, 0.6) is 0 Å². The van der Waals surface area contributed by atoms with E-state index in [1.807, 2.05) is 0 Å². The molecule has 0 aromatic heterocycles.